The van der Waals surface area contributed by atoms with E-state index < -0.39 is 5.91 Å². The van der Waals surface area contributed by atoms with Crippen LogP contribution in [0.4, 0.5) is 5.13 Å². The van der Waals surface area contributed by atoms with Gasteiger partial charge in [0.05, 0.1) is 5.69 Å². The third-order valence-corrected chi connectivity index (χ3v) is 4.81. The second-order valence-electron chi connectivity index (χ2n) is 7.29. The number of benzene rings is 1. The second-order valence-corrected chi connectivity index (χ2v) is 8.15. The zero-order valence-electron chi connectivity index (χ0n) is 15.9. The highest BCUT2D eigenvalue weighted by molar-refractivity contribution is 7.14. The number of hydrogen-bond acceptors (Lipinski definition) is 5. The summed E-state index contributed by atoms with van der Waals surface area (Å²) in [6.45, 7) is 6.17. The van der Waals surface area contributed by atoms with Crippen LogP contribution >= 0.6 is 11.3 Å². The van der Waals surface area contributed by atoms with Gasteiger partial charge in [0.15, 0.2) is 11.7 Å². The van der Waals surface area contributed by atoms with Crippen molar-refractivity contribution in [2.45, 2.75) is 26.2 Å². The molecule has 4 N–H and O–H groups in total. The number of hydrogen-bond donors (Lipinski definition) is 3. The molecule has 2 heterocycles. The zero-order valence-corrected chi connectivity index (χ0v) is 16.7. The average Bonchev–Trinajstić information content (AvgIpc) is 3.28. The number of amides is 2. The molecule has 0 bridgehead atoms. The fourth-order valence-corrected chi connectivity index (χ4v) is 3.39. The quantitative estimate of drug-likeness (QED) is 0.590. The number of aromatic amines is 1. The van der Waals surface area contributed by atoms with Gasteiger partial charge in [0, 0.05) is 17.1 Å². The second kappa shape index (κ2) is 7.85. The Kier molecular flexibility index (Phi) is 5.51. The molecule has 3 rings (SSSR count). The molecule has 7 nitrogen and oxygen atoms in total. The molecule has 0 saturated heterocycles. The van der Waals surface area contributed by atoms with Crippen molar-refractivity contribution in [2.75, 3.05) is 11.9 Å². The molecule has 1 aromatic carbocycles. The molecule has 3 aromatic rings. The number of nitrogens with two attached hydrogens (primary N) is 1. The lowest BCUT2D eigenvalue weighted by Crippen LogP contribution is -2.21. The lowest BCUT2D eigenvalue weighted by molar-refractivity contribution is -0.118. The number of nitrogens with one attached hydrogen (secondary N) is 2. The Bertz CT molecular complexity index is 1000. The van der Waals surface area contributed by atoms with Gasteiger partial charge < -0.3 is 15.5 Å². The molecule has 0 fully saturated rings. The molecule has 0 aliphatic heterocycles. The van der Waals surface area contributed by atoms with Crippen LogP contribution in [-0.2, 0) is 10.2 Å². The summed E-state index contributed by atoms with van der Waals surface area (Å²) in [6, 6.07) is 9.31. The number of para-hydroxylation sites is 1. The molecule has 146 valence electrons. The summed E-state index contributed by atoms with van der Waals surface area (Å²) >= 11 is 1.29. The largest absolute Gasteiger partial charge is 0.483 e. The van der Waals surface area contributed by atoms with Gasteiger partial charge in [-0.2, -0.15) is 0 Å². The summed E-state index contributed by atoms with van der Waals surface area (Å²) in [6.07, 6.45) is 1.65. The van der Waals surface area contributed by atoms with Gasteiger partial charge in [0.25, 0.3) is 11.8 Å². The van der Waals surface area contributed by atoms with Crippen molar-refractivity contribution in [2.24, 2.45) is 5.73 Å². The van der Waals surface area contributed by atoms with Gasteiger partial charge >= 0.3 is 0 Å². The Morgan fingerprint density at radius 1 is 1.29 bits per heavy atom. The Balaban J connectivity index is 1.62. The fraction of sp³-hybridized carbons (Fsp3) is 0.250. The molecular formula is C20H22N4O3S. The Hall–Kier alpha value is -3.13. The van der Waals surface area contributed by atoms with Crippen molar-refractivity contribution >= 4 is 28.3 Å². The monoisotopic (exact) mass is 398 g/mol. The van der Waals surface area contributed by atoms with E-state index in [0.717, 1.165) is 11.1 Å². The molecule has 8 heteroatoms. The third kappa shape index (κ3) is 4.58. The maximum absolute atomic E-state index is 12.2. The van der Waals surface area contributed by atoms with Crippen molar-refractivity contribution in [1.82, 2.24) is 9.97 Å². The van der Waals surface area contributed by atoms with Crippen LogP contribution in [0, 0.1) is 0 Å². The van der Waals surface area contributed by atoms with Gasteiger partial charge in [0.2, 0.25) is 0 Å². The van der Waals surface area contributed by atoms with E-state index in [-0.39, 0.29) is 17.9 Å². The first-order chi connectivity index (χ1) is 13.2. The van der Waals surface area contributed by atoms with Gasteiger partial charge in [-0.25, -0.2) is 4.98 Å². The molecule has 2 aromatic heterocycles. The van der Waals surface area contributed by atoms with Crippen molar-refractivity contribution in [3.8, 4) is 17.0 Å². The van der Waals surface area contributed by atoms with Gasteiger partial charge in [-0.05, 0) is 23.1 Å². The molecule has 2 amide bonds. The highest BCUT2D eigenvalue weighted by Crippen LogP contribution is 2.31. The van der Waals surface area contributed by atoms with E-state index in [1.807, 2.05) is 24.3 Å². The van der Waals surface area contributed by atoms with E-state index in [0.29, 0.717) is 22.3 Å². The Morgan fingerprint density at radius 3 is 2.71 bits per heavy atom. The van der Waals surface area contributed by atoms with Crippen molar-refractivity contribution in [3.05, 3.63) is 53.2 Å². The maximum Gasteiger partial charge on any atom is 0.265 e. The minimum absolute atomic E-state index is 0.0857. The minimum atomic E-state index is -0.539. The molecular weight excluding hydrogens is 376 g/mol. The van der Waals surface area contributed by atoms with E-state index in [4.69, 9.17) is 10.5 Å². The topological polar surface area (TPSA) is 110 Å². The van der Waals surface area contributed by atoms with Crippen LogP contribution in [0.2, 0.25) is 0 Å². The summed E-state index contributed by atoms with van der Waals surface area (Å²) in [5.74, 6) is -0.143. The van der Waals surface area contributed by atoms with Crippen LogP contribution in [-0.4, -0.2) is 28.4 Å². The molecule has 0 unspecified atom stereocenters. The summed E-state index contributed by atoms with van der Waals surface area (Å²) in [7, 11) is 0. The number of nitrogens with zero attached hydrogens (tertiary/aromatic N) is 1. The number of carbonyl (C=O) groups excluding carboxylic acids is 2. The predicted molar refractivity (Wildman–Crippen MR) is 110 cm³/mol. The van der Waals surface area contributed by atoms with E-state index in [2.05, 4.69) is 36.1 Å². The van der Waals surface area contributed by atoms with E-state index in [9.17, 15) is 9.59 Å². The number of anilines is 1. The van der Waals surface area contributed by atoms with Crippen molar-refractivity contribution in [3.63, 3.8) is 0 Å². The van der Waals surface area contributed by atoms with Gasteiger partial charge in [-0.1, -0.05) is 39.0 Å². The minimum Gasteiger partial charge on any atom is -0.483 e. The summed E-state index contributed by atoms with van der Waals surface area (Å²) in [5, 5.41) is 4.98. The number of carbonyl (C=O) groups is 2. The fourth-order valence-electron chi connectivity index (χ4n) is 2.66. The van der Waals surface area contributed by atoms with E-state index in [1.54, 1.807) is 17.6 Å². The van der Waals surface area contributed by atoms with Crippen LogP contribution in [0.25, 0.3) is 11.3 Å². The first kappa shape index (κ1) is 19.6. The SMILES string of the molecule is CC(C)(C)c1ccccc1OCC(=O)Nc1nc(-c2c[nH]c(C(N)=O)c2)cs1. The standard InChI is InChI=1S/C20H22N4O3S/c1-20(2,3)13-6-4-5-7-16(13)27-10-17(25)24-19-23-15(11-28-19)12-8-14(18(21)26)22-9-12/h4-9,11,22H,10H2,1-3H3,(H2,21,26)(H,23,24,25). The summed E-state index contributed by atoms with van der Waals surface area (Å²) in [4.78, 5) is 30.6. The summed E-state index contributed by atoms with van der Waals surface area (Å²) < 4.78 is 5.73. The van der Waals surface area contributed by atoms with Gasteiger partial charge in [0.1, 0.15) is 11.4 Å². The third-order valence-electron chi connectivity index (χ3n) is 4.05. The van der Waals surface area contributed by atoms with Crippen LogP contribution in [0.5, 0.6) is 5.75 Å². The number of aromatic nitrogens is 2. The zero-order chi connectivity index (χ0) is 20.3. The number of ether oxygens (including phenoxy) is 1. The molecule has 0 atom stereocenters. The van der Waals surface area contributed by atoms with E-state index >= 15 is 0 Å². The smallest absolute Gasteiger partial charge is 0.265 e. The Labute approximate surface area is 166 Å². The first-order valence-corrected chi connectivity index (χ1v) is 9.58. The van der Waals surface area contributed by atoms with Crippen molar-refractivity contribution in [1.29, 1.82) is 0 Å². The molecule has 0 saturated carbocycles. The highest BCUT2D eigenvalue weighted by atomic mass is 32.1. The Morgan fingerprint density at radius 2 is 2.04 bits per heavy atom. The number of H-pyrrole nitrogens is 1. The first-order valence-electron chi connectivity index (χ1n) is 8.70. The lowest BCUT2D eigenvalue weighted by Gasteiger charge is -2.22. The molecule has 0 spiro atoms. The van der Waals surface area contributed by atoms with Crippen molar-refractivity contribution < 1.29 is 14.3 Å². The number of thiazole rings is 1. The summed E-state index contributed by atoms with van der Waals surface area (Å²) in [5.41, 5.74) is 7.86. The number of primary amides is 1. The molecule has 28 heavy (non-hydrogen) atoms. The molecule has 0 aliphatic carbocycles. The van der Waals surface area contributed by atoms with Gasteiger partial charge in [-0.3, -0.25) is 14.9 Å². The highest BCUT2D eigenvalue weighted by Gasteiger charge is 2.19. The predicted octanol–water partition coefficient (Wildman–Crippen LogP) is 3.55. The van der Waals surface area contributed by atoms with Crippen LogP contribution in [0.15, 0.2) is 41.9 Å². The van der Waals surface area contributed by atoms with Crippen LogP contribution in [0.1, 0.15) is 36.8 Å². The lowest BCUT2D eigenvalue weighted by atomic mass is 9.86. The van der Waals surface area contributed by atoms with Crippen LogP contribution < -0.4 is 15.8 Å². The maximum atomic E-state index is 12.2. The number of rotatable bonds is 6. The normalized spacial score (nSPS) is 11.2. The average molecular weight is 398 g/mol. The molecule has 0 aliphatic rings. The van der Waals surface area contributed by atoms with E-state index in [1.165, 1.54) is 11.3 Å². The van der Waals surface area contributed by atoms with Gasteiger partial charge in [-0.15, -0.1) is 11.3 Å². The van der Waals surface area contributed by atoms with Crippen LogP contribution in [0.3, 0.4) is 0 Å². The molecule has 0 radical (unpaired) electrons.